The number of nitrogens with one attached hydrogen (secondary N) is 2. The van der Waals surface area contributed by atoms with Crippen molar-refractivity contribution in [2.24, 2.45) is 5.41 Å². The number of benzene rings is 2. The van der Waals surface area contributed by atoms with Gasteiger partial charge in [0.05, 0.1) is 5.41 Å². The van der Waals surface area contributed by atoms with E-state index in [0.717, 1.165) is 29.5 Å². The summed E-state index contributed by atoms with van der Waals surface area (Å²) in [6, 6.07) is 16.7. The summed E-state index contributed by atoms with van der Waals surface area (Å²) in [4.78, 5) is 31.6. The highest BCUT2D eigenvalue weighted by Gasteiger charge is 2.43. The molecule has 3 aromatic rings. The first-order valence-electron chi connectivity index (χ1n) is 10.5. The second kappa shape index (κ2) is 8.71. The van der Waals surface area contributed by atoms with Gasteiger partial charge in [0.2, 0.25) is 11.7 Å². The maximum atomic E-state index is 13.1. The minimum atomic E-state index is -0.687. The van der Waals surface area contributed by atoms with Crippen LogP contribution >= 0.6 is 0 Å². The lowest BCUT2D eigenvalue weighted by molar-refractivity contribution is -0.133. The zero-order valence-electron chi connectivity index (χ0n) is 17.9. The second-order valence-corrected chi connectivity index (χ2v) is 8.27. The number of likely N-dealkylation sites (tertiary alicyclic amines) is 1. The Morgan fingerprint density at radius 1 is 1.16 bits per heavy atom. The van der Waals surface area contributed by atoms with E-state index in [4.69, 9.17) is 0 Å². The topological polar surface area (TPSA) is 91.0 Å². The molecule has 1 atom stereocenters. The molecule has 1 aromatic heterocycles. The first-order chi connectivity index (χ1) is 15.0. The quantitative estimate of drug-likeness (QED) is 0.668. The predicted molar refractivity (Wildman–Crippen MR) is 118 cm³/mol. The first kappa shape index (κ1) is 20.8. The van der Waals surface area contributed by atoms with Crippen molar-refractivity contribution in [3.8, 4) is 11.1 Å². The Hall–Kier alpha value is -3.48. The van der Waals surface area contributed by atoms with E-state index in [1.807, 2.05) is 6.07 Å². The van der Waals surface area contributed by atoms with Crippen molar-refractivity contribution in [1.82, 2.24) is 25.4 Å². The fourth-order valence-electron chi connectivity index (χ4n) is 4.51. The summed E-state index contributed by atoms with van der Waals surface area (Å²) in [5.74, 6) is -0.0586. The van der Waals surface area contributed by atoms with Crippen LogP contribution < -0.4 is 5.32 Å². The van der Waals surface area contributed by atoms with Crippen molar-refractivity contribution in [1.29, 1.82) is 0 Å². The van der Waals surface area contributed by atoms with Gasteiger partial charge in [-0.15, -0.1) is 0 Å². The average molecular weight is 418 g/mol. The van der Waals surface area contributed by atoms with Crippen molar-refractivity contribution in [3.63, 3.8) is 0 Å². The number of carbonyl (C=O) groups is 2. The van der Waals surface area contributed by atoms with Gasteiger partial charge < -0.3 is 10.2 Å². The molecule has 1 aliphatic heterocycles. The molecule has 31 heavy (non-hydrogen) atoms. The molecule has 1 fully saturated rings. The summed E-state index contributed by atoms with van der Waals surface area (Å²) in [6.45, 7) is 3.03. The lowest BCUT2D eigenvalue weighted by Gasteiger charge is -2.41. The lowest BCUT2D eigenvalue weighted by atomic mass is 9.74. The van der Waals surface area contributed by atoms with E-state index in [2.05, 4.69) is 69.9 Å². The van der Waals surface area contributed by atoms with Gasteiger partial charge in [0.15, 0.2) is 0 Å². The third-order valence-corrected chi connectivity index (χ3v) is 6.01. The Bertz CT molecular complexity index is 1080. The third-order valence-electron chi connectivity index (χ3n) is 6.01. The van der Waals surface area contributed by atoms with Crippen molar-refractivity contribution in [3.05, 3.63) is 71.8 Å². The van der Waals surface area contributed by atoms with Gasteiger partial charge in [-0.2, -0.15) is 5.10 Å². The number of carbonyl (C=O) groups excluding carboxylic acids is 2. The Morgan fingerprint density at radius 2 is 1.94 bits per heavy atom. The lowest BCUT2D eigenvalue weighted by Crippen LogP contribution is -2.54. The van der Waals surface area contributed by atoms with Gasteiger partial charge in [0, 0.05) is 20.1 Å². The molecule has 1 unspecified atom stereocenters. The van der Waals surface area contributed by atoms with Crippen LogP contribution in [0, 0.1) is 12.3 Å². The smallest absolute Gasteiger partial charge is 0.291 e. The number of nitrogens with zero attached hydrogens (tertiary/aromatic N) is 3. The standard InChI is InChI=1S/C24H27N5O2/c1-17-6-3-8-19(12-17)20-9-4-7-18(13-20)14-24(23(31)25-2)10-5-11-29(15-24)22(30)21-26-16-27-28-21/h3-4,6-9,12-13,16H,5,10-11,14-15H2,1-2H3,(H,25,31)(H,26,27,28). The van der Waals surface area contributed by atoms with E-state index in [9.17, 15) is 9.59 Å². The number of aromatic amines is 1. The molecule has 0 saturated carbocycles. The van der Waals surface area contributed by atoms with Crippen LogP contribution in [0.5, 0.6) is 0 Å². The summed E-state index contributed by atoms with van der Waals surface area (Å²) in [5, 5.41) is 9.24. The average Bonchev–Trinajstić information content (AvgIpc) is 3.33. The molecule has 7 heteroatoms. The molecule has 2 heterocycles. The van der Waals surface area contributed by atoms with Crippen molar-refractivity contribution >= 4 is 11.8 Å². The maximum Gasteiger partial charge on any atom is 0.291 e. The Kier molecular flexibility index (Phi) is 5.84. The van der Waals surface area contributed by atoms with Gasteiger partial charge >= 0.3 is 0 Å². The predicted octanol–water partition coefficient (Wildman–Crippen LogP) is 2.99. The molecule has 1 saturated heterocycles. The molecule has 160 valence electrons. The molecule has 2 aromatic carbocycles. The van der Waals surface area contributed by atoms with E-state index in [1.165, 1.54) is 11.9 Å². The van der Waals surface area contributed by atoms with Crippen LogP contribution in [0.15, 0.2) is 54.9 Å². The third kappa shape index (κ3) is 4.35. The zero-order chi connectivity index (χ0) is 21.8. The SMILES string of the molecule is CNC(=O)C1(Cc2cccc(-c3cccc(C)c3)c2)CCCN(C(=O)c2ncn[nH]2)C1. The highest BCUT2D eigenvalue weighted by atomic mass is 16.2. The molecule has 2 amide bonds. The molecular weight excluding hydrogens is 390 g/mol. The van der Waals surface area contributed by atoms with Gasteiger partial charge in [0.25, 0.3) is 5.91 Å². The fraction of sp³-hybridized carbons (Fsp3) is 0.333. The largest absolute Gasteiger partial charge is 0.359 e. The fourth-order valence-corrected chi connectivity index (χ4v) is 4.51. The molecule has 2 N–H and O–H groups in total. The van der Waals surface area contributed by atoms with Crippen LogP contribution in [-0.4, -0.2) is 52.0 Å². The van der Waals surface area contributed by atoms with Crippen molar-refractivity contribution in [2.75, 3.05) is 20.1 Å². The number of hydrogen-bond donors (Lipinski definition) is 2. The first-order valence-corrected chi connectivity index (χ1v) is 10.5. The van der Waals surface area contributed by atoms with Crippen LogP contribution in [0.3, 0.4) is 0 Å². The number of amides is 2. The van der Waals surface area contributed by atoms with Gasteiger partial charge in [-0.25, -0.2) is 4.98 Å². The van der Waals surface area contributed by atoms with E-state index >= 15 is 0 Å². The highest BCUT2D eigenvalue weighted by molar-refractivity contribution is 5.91. The molecule has 7 nitrogen and oxygen atoms in total. The summed E-state index contributed by atoms with van der Waals surface area (Å²) in [7, 11) is 1.66. The molecular formula is C24H27N5O2. The van der Waals surface area contributed by atoms with Crippen LogP contribution in [0.2, 0.25) is 0 Å². The summed E-state index contributed by atoms with van der Waals surface area (Å²) in [6.07, 6.45) is 3.36. The molecule has 0 aliphatic carbocycles. The number of rotatable bonds is 5. The zero-order valence-corrected chi connectivity index (χ0v) is 17.9. The maximum absolute atomic E-state index is 13.1. The Morgan fingerprint density at radius 3 is 2.65 bits per heavy atom. The van der Waals surface area contributed by atoms with Gasteiger partial charge in [-0.3, -0.25) is 14.7 Å². The Balaban J connectivity index is 1.62. The van der Waals surface area contributed by atoms with Crippen LogP contribution in [0.25, 0.3) is 11.1 Å². The monoisotopic (exact) mass is 417 g/mol. The van der Waals surface area contributed by atoms with E-state index in [-0.39, 0.29) is 17.6 Å². The van der Waals surface area contributed by atoms with Gasteiger partial charge in [-0.05, 0) is 42.9 Å². The van der Waals surface area contributed by atoms with Crippen molar-refractivity contribution in [2.45, 2.75) is 26.2 Å². The molecule has 0 bridgehead atoms. The van der Waals surface area contributed by atoms with Crippen LogP contribution in [0.1, 0.15) is 34.6 Å². The summed E-state index contributed by atoms with van der Waals surface area (Å²) >= 11 is 0. The van der Waals surface area contributed by atoms with E-state index in [0.29, 0.717) is 19.5 Å². The van der Waals surface area contributed by atoms with Crippen molar-refractivity contribution < 1.29 is 9.59 Å². The number of aromatic nitrogens is 3. The van der Waals surface area contributed by atoms with E-state index in [1.54, 1.807) is 11.9 Å². The minimum Gasteiger partial charge on any atom is -0.359 e. The molecule has 0 radical (unpaired) electrons. The normalized spacial score (nSPS) is 18.6. The van der Waals surface area contributed by atoms with E-state index < -0.39 is 5.41 Å². The molecule has 4 rings (SSSR count). The van der Waals surface area contributed by atoms with Gasteiger partial charge in [-0.1, -0.05) is 54.1 Å². The molecule has 0 spiro atoms. The number of H-pyrrole nitrogens is 1. The van der Waals surface area contributed by atoms with Crippen LogP contribution in [0.4, 0.5) is 0 Å². The number of piperidine rings is 1. The van der Waals surface area contributed by atoms with Gasteiger partial charge in [0.1, 0.15) is 6.33 Å². The summed E-state index contributed by atoms with van der Waals surface area (Å²) in [5.41, 5.74) is 3.88. The minimum absolute atomic E-state index is 0.0384. The highest BCUT2D eigenvalue weighted by Crippen LogP contribution is 2.35. The number of hydrogen-bond acceptors (Lipinski definition) is 4. The molecule has 1 aliphatic rings. The number of aryl methyl sites for hydroxylation is 1. The Labute approximate surface area is 181 Å². The second-order valence-electron chi connectivity index (χ2n) is 8.27. The summed E-state index contributed by atoms with van der Waals surface area (Å²) < 4.78 is 0. The van der Waals surface area contributed by atoms with Crippen LogP contribution in [-0.2, 0) is 11.2 Å².